The zero-order chi connectivity index (χ0) is 26.6. The number of hydrogen-bond donors (Lipinski definition) is 1. The molecule has 8 nitrogen and oxygen atoms in total. The van der Waals surface area contributed by atoms with Crippen molar-refractivity contribution in [2.75, 3.05) is 13.7 Å². The van der Waals surface area contributed by atoms with Crippen LogP contribution in [0.1, 0.15) is 42.6 Å². The highest BCUT2D eigenvalue weighted by atomic mass is 35.5. The summed E-state index contributed by atoms with van der Waals surface area (Å²) >= 11 is 5.85. The maximum Gasteiger partial charge on any atom is 0.343 e. The summed E-state index contributed by atoms with van der Waals surface area (Å²) in [6.45, 7) is 4.33. The second-order valence-corrected chi connectivity index (χ2v) is 8.41. The maximum absolute atomic E-state index is 12.6. The van der Waals surface area contributed by atoms with Gasteiger partial charge >= 0.3 is 5.97 Å². The molecule has 0 spiro atoms. The Balaban J connectivity index is 1.55. The van der Waals surface area contributed by atoms with Gasteiger partial charge in [0.2, 0.25) is 0 Å². The average Bonchev–Trinajstić information content (AvgIpc) is 2.91. The summed E-state index contributed by atoms with van der Waals surface area (Å²) in [5.74, 6) is 0.850. The largest absolute Gasteiger partial charge is 0.494 e. The summed E-state index contributed by atoms with van der Waals surface area (Å²) in [5.41, 5.74) is 3.44. The standard InChI is InChI=1S/C28H29ClN2O6/c1-4-5-16-35-23-11-7-21(8-12-23)28(33)37-25-15-6-20(17-26(25)34-3)18-30-31-27(32)19(2)36-24-13-9-22(29)10-14-24/h6-15,17-19H,4-5,16H2,1-3H3,(H,31,32)/b30-18+. The van der Waals surface area contributed by atoms with Crippen LogP contribution in [0.15, 0.2) is 71.8 Å². The van der Waals surface area contributed by atoms with Gasteiger partial charge in [0.1, 0.15) is 11.5 Å². The van der Waals surface area contributed by atoms with Crippen molar-refractivity contribution >= 4 is 29.7 Å². The normalized spacial score (nSPS) is 11.6. The predicted octanol–water partition coefficient (Wildman–Crippen LogP) is 5.66. The number of rotatable bonds is 12. The molecule has 0 aliphatic heterocycles. The van der Waals surface area contributed by atoms with Crippen molar-refractivity contribution in [3.05, 3.63) is 82.9 Å². The van der Waals surface area contributed by atoms with Crippen LogP contribution in [0.3, 0.4) is 0 Å². The van der Waals surface area contributed by atoms with Crippen LogP contribution in [-0.4, -0.2) is 37.9 Å². The van der Waals surface area contributed by atoms with Crippen molar-refractivity contribution in [2.24, 2.45) is 5.10 Å². The maximum atomic E-state index is 12.6. The first-order chi connectivity index (χ1) is 17.9. The van der Waals surface area contributed by atoms with E-state index < -0.39 is 18.0 Å². The topological polar surface area (TPSA) is 95.5 Å². The molecule has 3 rings (SSSR count). The molecule has 1 N–H and O–H groups in total. The summed E-state index contributed by atoms with van der Waals surface area (Å²) < 4.78 is 22.1. The molecular formula is C28H29ClN2O6. The minimum Gasteiger partial charge on any atom is -0.494 e. The SMILES string of the molecule is CCCCOc1ccc(C(=O)Oc2ccc(/C=N/NC(=O)C(C)Oc3ccc(Cl)cc3)cc2OC)cc1. The Labute approximate surface area is 221 Å². The minimum atomic E-state index is -0.772. The third-order valence-electron chi connectivity index (χ3n) is 5.13. The molecule has 1 unspecified atom stereocenters. The minimum absolute atomic E-state index is 0.252. The van der Waals surface area contributed by atoms with E-state index in [0.717, 1.165) is 12.8 Å². The molecule has 0 bridgehead atoms. The van der Waals surface area contributed by atoms with Crippen LogP contribution < -0.4 is 24.4 Å². The summed E-state index contributed by atoms with van der Waals surface area (Å²) in [6.07, 6.45) is 2.68. The van der Waals surface area contributed by atoms with Gasteiger partial charge in [-0.15, -0.1) is 0 Å². The van der Waals surface area contributed by atoms with Gasteiger partial charge in [-0.25, -0.2) is 10.2 Å². The van der Waals surface area contributed by atoms with Gasteiger partial charge in [0.15, 0.2) is 17.6 Å². The summed E-state index contributed by atoms with van der Waals surface area (Å²) in [4.78, 5) is 24.8. The molecule has 0 aliphatic rings. The lowest BCUT2D eigenvalue weighted by Crippen LogP contribution is -2.33. The Morgan fingerprint density at radius 1 is 1.00 bits per heavy atom. The number of benzene rings is 3. The van der Waals surface area contributed by atoms with E-state index in [9.17, 15) is 9.59 Å². The Kier molecular flexibility index (Phi) is 10.3. The highest BCUT2D eigenvalue weighted by molar-refractivity contribution is 6.30. The summed E-state index contributed by atoms with van der Waals surface area (Å²) in [5, 5.41) is 4.54. The van der Waals surface area contributed by atoms with Gasteiger partial charge < -0.3 is 18.9 Å². The zero-order valence-corrected chi connectivity index (χ0v) is 21.7. The molecule has 3 aromatic carbocycles. The molecule has 3 aromatic rings. The molecule has 1 amide bonds. The molecule has 0 fully saturated rings. The first kappa shape index (κ1) is 27.5. The van der Waals surface area contributed by atoms with Crippen molar-refractivity contribution in [3.8, 4) is 23.0 Å². The van der Waals surface area contributed by atoms with Gasteiger partial charge in [-0.3, -0.25) is 4.79 Å². The van der Waals surface area contributed by atoms with Crippen molar-refractivity contribution in [1.29, 1.82) is 0 Å². The van der Waals surface area contributed by atoms with E-state index in [-0.39, 0.29) is 5.75 Å². The first-order valence-corrected chi connectivity index (χ1v) is 12.2. The van der Waals surface area contributed by atoms with Crippen molar-refractivity contribution in [1.82, 2.24) is 5.43 Å². The molecule has 0 aromatic heterocycles. The summed E-state index contributed by atoms with van der Waals surface area (Å²) in [7, 11) is 1.47. The first-order valence-electron chi connectivity index (χ1n) is 11.8. The number of halogens is 1. The number of methoxy groups -OCH3 is 1. The number of carbonyl (C=O) groups is 2. The van der Waals surface area contributed by atoms with Gasteiger partial charge in [-0.05, 0) is 85.6 Å². The fraction of sp³-hybridized carbons (Fsp3) is 0.250. The van der Waals surface area contributed by atoms with Crippen molar-refractivity contribution < 1.29 is 28.5 Å². The van der Waals surface area contributed by atoms with E-state index in [1.165, 1.54) is 13.3 Å². The third kappa shape index (κ3) is 8.54. The molecule has 0 saturated heterocycles. The van der Waals surface area contributed by atoms with Crippen LogP contribution in [-0.2, 0) is 4.79 Å². The number of amides is 1. The Morgan fingerprint density at radius 2 is 1.70 bits per heavy atom. The van der Waals surface area contributed by atoms with Crippen LogP contribution in [0.4, 0.5) is 0 Å². The summed E-state index contributed by atoms with van der Waals surface area (Å²) in [6, 6.07) is 18.4. The fourth-order valence-corrected chi connectivity index (χ4v) is 3.19. The fourth-order valence-electron chi connectivity index (χ4n) is 3.06. The van der Waals surface area contributed by atoms with E-state index in [2.05, 4.69) is 17.5 Å². The second kappa shape index (κ2) is 13.9. The van der Waals surface area contributed by atoms with Crippen LogP contribution in [0.5, 0.6) is 23.0 Å². The highest BCUT2D eigenvalue weighted by Crippen LogP contribution is 2.28. The lowest BCUT2D eigenvalue weighted by Gasteiger charge is -2.13. The number of hydrazone groups is 1. The molecule has 0 heterocycles. The van der Waals surface area contributed by atoms with Crippen molar-refractivity contribution in [2.45, 2.75) is 32.8 Å². The Bertz CT molecular complexity index is 1210. The lowest BCUT2D eigenvalue weighted by atomic mass is 10.2. The third-order valence-corrected chi connectivity index (χ3v) is 5.38. The molecule has 0 saturated carbocycles. The van der Waals surface area contributed by atoms with E-state index in [1.807, 2.05) is 0 Å². The van der Waals surface area contributed by atoms with E-state index in [0.29, 0.717) is 40.0 Å². The van der Waals surface area contributed by atoms with E-state index >= 15 is 0 Å². The van der Waals surface area contributed by atoms with E-state index in [1.54, 1.807) is 73.7 Å². The molecule has 9 heteroatoms. The number of nitrogens with zero attached hydrogens (tertiary/aromatic N) is 1. The number of hydrogen-bond acceptors (Lipinski definition) is 7. The molecule has 1 atom stereocenters. The van der Waals surface area contributed by atoms with Crippen LogP contribution >= 0.6 is 11.6 Å². The number of esters is 1. The Morgan fingerprint density at radius 3 is 2.38 bits per heavy atom. The molecule has 0 aliphatic carbocycles. The number of nitrogens with one attached hydrogen (secondary N) is 1. The quantitative estimate of drug-likeness (QED) is 0.108. The molecule has 194 valence electrons. The van der Waals surface area contributed by atoms with Gasteiger partial charge in [-0.1, -0.05) is 24.9 Å². The van der Waals surface area contributed by atoms with Gasteiger partial charge in [0, 0.05) is 5.02 Å². The van der Waals surface area contributed by atoms with Gasteiger partial charge in [0.05, 0.1) is 25.5 Å². The number of carbonyl (C=O) groups excluding carboxylic acids is 2. The van der Waals surface area contributed by atoms with Gasteiger partial charge in [-0.2, -0.15) is 5.10 Å². The monoisotopic (exact) mass is 524 g/mol. The number of unbranched alkanes of at least 4 members (excludes halogenated alkanes) is 1. The predicted molar refractivity (Wildman–Crippen MR) is 142 cm³/mol. The zero-order valence-electron chi connectivity index (χ0n) is 20.9. The second-order valence-electron chi connectivity index (χ2n) is 7.97. The molecular weight excluding hydrogens is 496 g/mol. The van der Waals surface area contributed by atoms with Crippen LogP contribution in [0.2, 0.25) is 5.02 Å². The number of ether oxygens (including phenoxy) is 4. The average molecular weight is 525 g/mol. The van der Waals surface area contributed by atoms with Gasteiger partial charge in [0.25, 0.3) is 5.91 Å². The molecule has 37 heavy (non-hydrogen) atoms. The Hall–Kier alpha value is -4.04. The smallest absolute Gasteiger partial charge is 0.343 e. The van der Waals surface area contributed by atoms with Crippen molar-refractivity contribution in [3.63, 3.8) is 0 Å². The highest BCUT2D eigenvalue weighted by Gasteiger charge is 2.15. The molecule has 0 radical (unpaired) electrons. The van der Waals surface area contributed by atoms with Crippen LogP contribution in [0, 0.1) is 0 Å². The lowest BCUT2D eigenvalue weighted by molar-refractivity contribution is -0.127. The van der Waals surface area contributed by atoms with Crippen LogP contribution in [0.25, 0.3) is 0 Å². The van der Waals surface area contributed by atoms with E-state index in [4.69, 9.17) is 30.5 Å².